The van der Waals surface area contributed by atoms with Crippen molar-refractivity contribution in [2.24, 2.45) is 0 Å². The first-order valence-electron chi connectivity index (χ1n) is 8.32. The quantitative estimate of drug-likeness (QED) is 0.632. The van der Waals surface area contributed by atoms with Crippen LogP contribution in [0.1, 0.15) is 22.8 Å². The Balaban J connectivity index is 1.69. The van der Waals surface area contributed by atoms with Crippen LogP contribution in [-0.4, -0.2) is 21.8 Å². The molecule has 0 saturated carbocycles. The van der Waals surface area contributed by atoms with E-state index in [1.807, 2.05) is 6.07 Å². The van der Waals surface area contributed by atoms with E-state index in [4.69, 9.17) is 5.26 Å². The summed E-state index contributed by atoms with van der Waals surface area (Å²) in [7, 11) is 0. The number of nitriles is 1. The van der Waals surface area contributed by atoms with Gasteiger partial charge in [-0.3, -0.25) is 9.59 Å². The minimum Gasteiger partial charge on any atom is -0.326 e. The van der Waals surface area contributed by atoms with Crippen LogP contribution in [0, 0.1) is 11.3 Å². The highest BCUT2D eigenvalue weighted by Crippen LogP contribution is 2.18. The number of para-hydroxylation sites is 1. The van der Waals surface area contributed by atoms with Crippen LogP contribution in [-0.2, 0) is 4.79 Å². The molecule has 0 aliphatic rings. The predicted molar refractivity (Wildman–Crippen MR) is 105 cm³/mol. The number of carbonyl (C=O) groups is 2. The van der Waals surface area contributed by atoms with Gasteiger partial charge < -0.3 is 16.0 Å². The Morgan fingerprint density at radius 1 is 0.964 bits per heavy atom. The molecule has 28 heavy (non-hydrogen) atoms. The van der Waals surface area contributed by atoms with Gasteiger partial charge >= 0.3 is 0 Å². The van der Waals surface area contributed by atoms with Crippen molar-refractivity contribution in [3.05, 3.63) is 72.1 Å². The van der Waals surface area contributed by atoms with Crippen LogP contribution < -0.4 is 16.0 Å². The van der Waals surface area contributed by atoms with E-state index in [2.05, 4.69) is 25.9 Å². The van der Waals surface area contributed by atoms with Gasteiger partial charge in [0.1, 0.15) is 6.07 Å². The molecule has 3 rings (SSSR count). The van der Waals surface area contributed by atoms with Crippen molar-refractivity contribution >= 4 is 34.8 Å². The third-order valence-corrected chi connectivity index (χ3v) is 3.65. The lowest BCUT2D eigenvalue weighted by atomic mass is 10.2. The molecule has 1 aromatic heterocycles. The maximum absolute atomic E-state index is 12.3. The molecule has 0 bridgehead atoms. The molecule has 0 atom stereocenters. The normalized spacial score (nSPS) is 9.86. The fourth-order valence-electron chi connectivity index (χ4n) is 2.40. The van der Waals surface area contributed by atoms with Crippen LogP contribution in [0.5, 0.6) is 0 Å². The molecular formula is C20H16N6O2. The molecule has 0 saturated heterocycles. The molecule has 0 spiro atoms. The Labute approximate surface area is 161 Å². The molecule has 0 unspecified atom stereocenters. The number of rotatable bonds is 5. The van der Waals surface area contributed by atoms with Crippen LogP contribution in [0.3, 0.4) is 0 Å². The smallest absolute Gasteiger partial charge is 0.258 e. The molecule has 8 heteroatoms. The first kappa shape index (κ1) is 18.5. The van der Waals surface area contributed by atoms with Crippen molar-refractivity contribution in [2.75, 3.05) is 16.0 Å². The number of carbonyl (C=O) groups excluding carboxylic acids is 2. The molecule has 138 valence electrons. The zero-order chi connectivity index (χ0) is 19.9. The van der Waals surface area contributed by atoms with Crippen LogP contribution >= 0.6 is 0 Å². The van der Waals surface area contributed by atoms with Crippen molar-refractivity contribution in [2.45, 2.75) is 6.92 Å². The van der Waals surface area contributed by atoms with Gasteiger partial charge in [-0.2, -0.15) is 5.26 Å². The van der Waals surface area contributed by atoms with E-state index in [0.29, 0.717) is 28.6 Å². The Morgan fingerprint density at radius 2 is 1.68 bits per heavy atom. The largest absolute Gasteiger partial charge is 0.326 e. The first-order valence-corrected chi connectivity index (χ1v) is 8.32. The summed E-state index contributed by atoms with van der Waals surface area (Å²) in [5.41, 5.74) is 2.38. The number of nitrogens with one attached hydrogen (secondary N) is 3. The van der Waals surface area contributed by atoms with Gasteiger partial charge in [0.15, 0.2) is 0 Å². The molecule has 0 aliphatic carbocycles. The maximum atomic E-state index is 12.3. The number of amides is 2. The summed E-state index contributed by atoms with van der Waals surface area (Å²) < 4.78 is 0. The monoisotopic (exact) mass is 372 g/mol. The zero-order valence-electron chi connectivity index (χ0n) is 14.9. The Morgan fingerprint density at radius 3 is 2.39 bits per heavy atom. The summed E-state index contributed by atoms with van der Waals surface area (Å²) in [5.74, 6) is -0.280. The summed E-state index contributed by atoms with van der Waals surface area (Å²) in [4.78, 5) is 31.8. The minimum absolute atomic E-state index is 0.165. The summed E-state index contributed by atoms with van der Waals surface area (Å²) >= 11 is 0. The van der Waals surface area contributed by atoms with Gasteiger partial charge in [0, 0.05) is 30.7 Å². The average molecular weight is 372 g/mol. The predicted octanol–water partition coefficient (Wildman–Crippen LogP) is 3.30. The van der Waals surface area contributed by atoms with E-state index in [-0.39, 0.29) is 11.5 Å². The van der Waals surface area contributed by atoms with Crippen molar-refractivity contribution < 1.29 is 9.59 Å². The highest BCUT2D eigenvalue weighted by Gasteiger charge is 2.10. The number of hydrogen-bond donors (Lipinski definition) is 3. The highest BCUT2D eigenvalue weighted by molar-refractivity contribution is 6.04. The molecule has 3 N–H and O–H groups in total. The molecule has 2 amide bonds. The van der Waals surface area contributed by atoms with Crippen LogP contribution in [0.25, 0.3) is 0 Å². The molecule has 0 radical (unpaired) electrons. The number of hydrogen-bond acceptors (Lipinski definition) is 6. The van der Waals surface area contributed by atoms with Gasteiger partial charge in [0.25, 0.3) is 5.91 Å². The molecule has 3 aromatic rings. The van der Waals surface area contributed by atoms with Gasteiger partial charge in [0.2, 0.25) is 11.9 Å². The average Bonchev–Trinajstić information content (AvgIpc) is 2.68. The fraction of sp³-hybridized carbons (Fsp3) is 0.0500. The lowest BCUT2D eigenvalue weighted by Gasteiger charge is -2.09. The molecule has 2 aromatic carbocycles. The summed E-state index contributed by atoms with van der Waals surface area (Å²) in [6.45, 7) is 1.43. The molecule has 0 fully saturated rings. The Hall–Kier alpha value is -4.25. The minimum atomic E-state index is -0.415. The zero-order valence-corrected chi connectivity index (χ0v) is 14.9. The van der Waals surface area contributed by atoms with E-state index in [0.717, 1.165) is 0 Å². The summed E-state index contributed by atoms with van der Waals surface area (Å²) in [6, 6.07) is 15.8. The second-order valence-electron chi connectivity index (χ2n) is 5.79. The Bertz CT molecular complexity index is 1060. The molecule has 1 heterocycles. The van der Waals surface area contributed by atoms with Crippen LogP contribution in [0.2, 0.25) is 0 Å². The maximum Gasteiger partial charge on any atom is 0.258 e. The first-order chi connectivity index (χ1) is 13.5. The SMILES string of the molecule is CC(=O)Nc1cccc(Nc2ncc(C(=O)Nc3ccccc3C#N)cn2)c1. The van der Waals surface area contributed by atoms with E-state index in [1.165, 1.54) is 19.3 Å². The number of aromatic nitrogens is 2. The lowest BCUT2D eigenvalue weighted by molar-refractivity contribution is -0.114. The second-order valence-corrected chi connectivity index (χ2v) is 5.79. The molecule has 0 aliphatic heterocycles. The van der Waals surface area contributed by atoms with E-state index >= 15 is 0 Å². The third-order valence-electron chi connectivity index (χ3n) is 3.65. The number of nitrogens with zero attached hydrogens (tertiary/aromatic N) is 3. The third kappa shape index (κ3) is 4.68. The van der Waals surface area contributed by atoms with Gasteiger partial charge in [-0.15, -0.1) is 0 Å². The highest BCUT2D eigenvalue weighted by atomic mass is 16.2. The van der Waals surface area contributed by atoms with E-state index in [9.17, 15) is 9.59 Å². The van der Waals surface area contributed by atoms with E-state index in [1.54, 1.807) is 48.5 Å². The van der Waals surface area contributed by atoms with Crippen molar-refractivity contribution in [3.8, 4) is 6.07 Å². The second kappa shape index (κ2) is 8.42. The fourth-order valence-corrected chi connectivity index (χ4v) is 2.40. The van der Waals surface area contributed by atoms with Gasteiger partial charge in [-0.1, -0.05) is 18.2 Å². The van der Waals surface area contributed by atoms with Crippen LogP contribution in [0.15, 0.2) is 60.9 Å². The van der Waals surface area contributed by atoms with Gasteiger partial charge in [-0.25, -0.2) is 9.97 Å². The topological polar surface area (TPSA) is 120 Å². The molecule has 8 nitrogen and oxygen atoms in total. The summed E-state index contributed by atoms with van der Waals surface area (Å²) in [5, 5.41) is 17.5. The van der Waals surface area contributed by atoms with E-state index < -0.39 is 5.91 Å². The van der Waals surface area contributed by atoms with Gasteiger partial charge in [0.05, 0.1) is 16.8 Å². The number of anilines is 4. The van der Waals surface area contributed by atoms with Crippen molar-refractivity contribution in [3.63, 3.8) is 0 Å². The standard InChI is InChI=1S/C20H16N6O2/c1-13(27)24-16-6-4-7-17(9-16)25-20-22-11-15(12-23-20)19(28)26-18-8-3-2-5-14(18)10-21/h2-9,11-12H,1H3,(H,24,27)(H,26,28)(H,22,23,25). The lowest BCUT2D eigenvalue weighted by Crippen LogP contribution is -2.14. The summed E-state index contributed by atoms with van der Waals surface area (Å²) in [6.07, 6.45) is 2.77. The number of benzene rings is 2. The van der Waals surface area contributed by atoms with Crippen LogP contribution in [0.4, 0.5) is 23.0 Å². The van der Waals surface area contributed by atoms with Crippen molar-refractivity contribution in [1.82, 2.24) is 9.97 Å². The van der Waals surface area contributed by atoms with Gasteiger partial charge in [-0.05, 0) is 30.3 Å². The molecular weight excluding hydrogens is 356 g/mol. The van der Waals surface area contributed by atoms with Crippen molar-refractivity contribution in [1.29, 1.82) is 5.26 Å². The Kier molecular flexibility index (Phi) is 5.58.